The Morgan fingerprint density at radius 3 is 2.69 bits per heavy atom. The highest BCUT2D eigenvalue weighted by atomic mass is 16.8. The molecule has 0 amide bonds. The molecule has 0 spiro atoms. The maximum atomic E-state index is 10.7. The van der Waals surface area contributed by atoms with Gasteiger partial charge in [0.25, 0.3) is 0 Å². The van der Waals surface area contributed by atoms with Gasteiger partial charge in [0.1, 0.15) is 12.7 Å². The second-order valence-corrected chi connectivity index (χ2v) is 3.93. The number of rotatable bonds is 4. The van der Waals surface area contributed by atoms with Crippen molar-refractivity contribution in [3.8, 4) is 0 Å². The summed E-state index contributed by atoms with van der Waals surface area (Å²) in [6, 6.07) is 0. The van der Waals surface area contributed by atoms with Crippen LogP contribution in [0.5, 0.6) is 0 Å². The van der Waals surface area contributed by atoms with E-state index >= 15 is 0 Å². The van der Waals surface area contributed by atoms with Gasteiger partial charge in [0.05, 0.1) is 12.6 Å². The average molecular weight is 229 g/mol. The summed E-state index contributed by atoms with van der Waals surface area (Å²) >= 11 is 0. The van der Waals surface area contributed by atoms with Gasteiger partial charge in [-0.15, -0.1) is 0 Å². The van der Waals surface area contributed by atoms with Crippen LogP contribution in [-0.4, -0.2) is 37.1 Å². The largest absolute Gasteiger partial charge is 0.463 e. The van der Waals surface area contributed by atoms with E-state index in [-0.39, 0.29) is 25.2 Å². The minimum Gasteiger partial charge on any atom is -0.463 e. The van der Waals surface area contributed by atoms with Crippen molar-refractivity contribution in [2.24, 2.45) is 5.11 Å². The van der Waals surface area contributed by atoms with Crippen LogP contribution in [0.3, 0.4) is 0 Å². The molecule has 0 radical (unpaired) electrons. The van der Waals surface area contributed by atoms with E-state index in [1.165, 1.54) is 6.92 Å². The topological polar surface area (TPSA) is 93.5 Å². The number of hydrogen-bond donors (Lipinski definition) is 0. The molecule has 90 valence electrons. The molecule has 1 aliphatic heterocycles. The number of esters is 1. The molecule has 1 saturated heterocycles. The zero-order valence-electron chi connectivity index (χ0n) is 9.54. The van der Waals surface area contributed by atoms with Crippen LogP contribution in [0.1, 0.15) is 20.8 Å². The Hall–Kier alpha value is -1.30. The van der Waals surface area contributed by atoms with Crippen LogP contribution < -0.4 is 0 Å². The fraction of sp³-hybridized carbons (Fsp3) is 0.889. The lowest BCUT2D eigenvalue weighted by atomic mass is 10.2. The van der Waals surface area contributed by atoms with Crippen LogP contribution >= 0.6 is 0 Å². The SMILES string of the molecule is CC(=O)OC[C@H]1OC(C)(C)O[C@H]1CN=[N+]=[N-]. The van der Waals surface area contributed by atoms with Gasteiger partial charge in [-0.1, -0.05) is 5.11 Å². The van der Waals surface area contributed by atoms with E-state index in [0.717, 1.165) is 0 Å². The highest BCUT2D eigenvalue weighted by Crippen LogP contribution is 2.28. The molecule has 0 N–H and O–H groups in total. The number of nitrogens with zero attached hydrogens (tertiary/aromatic N) is 3. The smallest absolute Gasteiger partial charge is 0.302 e. The monoisotopic (exact) mass is 229 g/mol. The van der Waals surface area contributed by atoms with Gasteiger partial charge >= 0.3 is 5.97 Å². The average Bonchev–Trinajstić information content (AvgIpc) is 2.47. The van der Waals surface area contributed by atoms with E-state index in [2.05, 4.69) is 10.0 Å². The first-order chi connectivity index (χ1) is 7.44. The third-order valence-corrected chi connectivity index (χ3v) is 2.06. The molecule has 1 aliphatic rings. The Morgan fingerprint density at radius 2 is 2.12 bits per heavy atom. The fourth-order valence-electron chi connectivity index (χ4n) is 1.52. The predicted molar refractivity (Wildman–Crippen MR) is 54.5 cm³/mol. The van der Waals surface area contributed by atoms with Crippen LogP contribution in [0.15, 0.2) is 5.11 Å². The molecule has 0 aromatic carbocycles. The minimum absolute atomic E-state index is 0.102. The quantitative estimate of drug-likeness (QED) is 0.315. The Morgan fingerprint density at radius 1 is 1.50 bits per heavy atom. The third kappa shape index (κ3) is 3.69. The molecule has 0 unspecified atom stereocenters. The molecule has 0 aromatic rings. The van der Waals surface area contributed by atoms with Gasteiger partial charge in [-0.25, -0.2) is 0 Å². The first-order valence-corrected chi connectivity index (χ1v) is 4.94. The number of azide groups is 1. The first kappa shape index (κ1) is 12.8. The zero-order chi connectivity index (χ0) is 12.2. The highest BCUT2D eigenvalue weighted by Gasteiger charge is 2.41. The summed E-state index contributed by atoms with van der Waals surface area (Å²) in [6.07, 6.45) is -0.783. The van der Waals surface area contributed by atoms with Crippen molar-refractivity contribution in [1.82, 2.24) is 0 Å². The number of ether oxygens (including phenoxy) is 3. The lowest BCUT2D eigenvalue weighted by molar-refractivity contribution is -0.158. The molecule has 16 heavy (non-hydrogen) atoms. The second-order valence-electron chi connectivity index (χ2n) is 3.93. The van der Waals surface area contributed by atoms with E-state index in [1.54, 1.807) is 13.8 Å². The molecule has 7 nitrogen and oxygen atoms in total. The number of carbonyl (C=O) groups excluding carboxylic acids is 1. The molecule has 1 heterocycles. The molecule has 0 aliphatic carbocycles. The van der Waals surface area contributed by atoms with Crippen molar-refractivity contribution in [2.45, 2.75) is 38.8 Å². The van der Waals surface area contributed by atoms with Crippen LogP contribution in [-0.2, 0) is 19.0 Å². The normalized spacial score (nSPS) is 27.2. The van der Waals surface area contributed by atoms with Crippen LogP contribution in [0.2, 0.25) is 0 Å². The van der Waals surface area contributed by atoms with Gasteiger partial charge in [-0.05, 0) is 19.4 Å². The minimum atomic E-state index is -0.750. The summed E-state index contributed by atoms with van der Waals surface area (Å²) in [4.78, 5) is 13.3. The van der Waals surface area contributed by atoms with Gasteiger partial charge in [-0.2, -0.15) is 0 Å². The van der Waals surface area contributed by atoms with Crippen LogP contribution in [0.25, 0.3) is 10.4 Å². The second kappa shape index (κ2) is 5.16. The number of hydrogen-bond acceptors (Lipinski definition) is 5. The third-order valence-electron chi connectivity index (χ3n) is 2.06. The summed E-state index contributed by atoms with van der Waals surface area (Å²) in [7, 11) is 0. The van der Waals surface area contributed by atoms with Gasteiger partial charge in [0.2, 0.25) is 0 Å². The molecule has 0 aromatic heterocycles. The molecule has 0 saturated carbocycles. The Labute approximate surface area is 93.3 Å². The van der Waals surface area contributed by atoms with E-state index in [0.29, 0.717) is 0 Å². The summed E-state index contributed by atoms with van der Waals surface area (Å²) in [6.45, 7) is 5.09. The van der Waals surface area contributed by atoms with Crippen molar-refractivity contribution < 1.29 is 19.0 Å². The summed E-state index contributed by atoms with van der Waals surface area (Å²) < 4.78 is 15.9. The Balaban J connectivity index is 2.56. The van der Waals surface area contributed by atoms with E-state index in [9.17, 15) is 4.79 Å². The maximum Gasteiger partial charge on any atom is 0.302 e. The van der Waals surface area contributed by atoms with Gasteiger partial charge in [0.15, 0.2) is 5.79 Å². The van der Waals surface area contributed by atoms with E-state index in [1.807, 2.05) is 0 Å². The lowest BCUT2D eigenvalue weighted by Gasteiger charge is -2.16. The molecule has 1 fully saturated rings. The van der Waals surface area contributed by atoms with Crippen molar-refractivity contribution in [3.63, 3.8) is 0 Å². The highest BCUT2D eigenvalue weighted by molar-refractivity contribution is 5.65. The Kier molecular flexibility index (Phi) is 4.12. The van der Waals surface area contributed by atoms with Gasteiger partial charge in [-0.3, -0.25) is 4.79 Å². The van der Waals surface area contributed by atoms with Crippen molar-refractivity contribution >= 4 is 5.97 Å². The molecule has 1 rings (SSSR count). The first-order valence-electron chi connectivity index (χ1n) is 4.94. The van der Waals surface area contributed by atoms with E-state index < -0.39 is 11.9 Å². The fourth-order valence-corrected chi connectivity index (χ4v) is 1.52. The molecule has 2 atom stereocenters. The molecular weight excluding hydrogens is 214 g/mol. The molecule has 7 heteroatoms. The Bertz CT molecular complexity index is 312. The summed E-state index contributed by atoms with van der Waals surface area (Å²) in [5.74, 6) is -1.13. The van der Waals surface area contributed by atoms with Gasteiger partial charge in [0, 0.05) is 11.8 Å². The number of carbonyl (C=O) groups is 1. The van der Waals surface area contributed by atoms with E-state index in [4.69, 9.17) is 19.7 Å². The molecule has 0 bridgehead atoms. The van der Waals surface area contributed by atoms with Crippen molar-refractivity contribution in [2.75, 3.05) is 13.2 Å². The standard InChI is InChI=1S/C9H15N3O4/c1-6(13)14-5-8-7(4-11-12-10)15-9(2,3)16-8/h7-8H,4-5H2,1-3H3/t7-,8+/m0/s1. The van der Waals surface area contributed by atoms with Crippen LogP contribution in [0.4, 0.5) is 0 Å². The lowest BCUT2D eigenvalue weighted by Crippen LogP contribution is -2.30. The van der Waals surface area contributed by atoms with Crippen LogP contribution in [0, 0.1) is 0 Å². The van der Waals surface area contributed by atoms with Crippen molar-refractivity contribution in [3.05, 3.63) is 10.4 Å². The van der Waals surface area contributed by atoms with Crippen molar-refractivity contribution in [1.29, 1.82) is 0 Å². The molecular formula is C9H15N3O4. The zero-order valence-corrected chi connectivity index (χ0v) is 9.54. The summed E-state index contributed by atoms with van der Waals surface area (Å²) in [5, 5.41) is 3.43. The summed E-state index contributed by atoms with van der Waals surface area (Å²) in [5.41, 5.74) is 8.24. The van der Waals surface area contributed by atoms with Gasteiger partial charge < -0.3 is 14.2 Å². The predicted octanol–water partition coefficient (Wildman–Crippen LogP) is 1.38. The maximum absolute atomic E-state index is 10.7.